The van der Waals surface area contributed by atoms with Crippen molar-refractivity contribution in [2.24, 2.45) is 7.05 Å². The number of hydrogen-bond acceptors (Lipinski definition) is 4. The van der Waals surface area contributed by atoms with Gasteiger partial charge in [0.2, 0.25) is 0 Å². The summed E-state index contributed by atoms with van der Waals surface area (Å²) in [6.07, 6.45) is 4.02. The van der Waals surface area contributed by atoms with Gasteiger partial charge in [0.05, 0.1) is 6.54 Å². The molecule has 2 aromatic rings. The van der Waals surface area contributed by atoms with Crippen LogP contribution in [0.15, 0.2) is 27.7 Å². The molecule has 1 fully saturated rings. The summed E-state index contributed by atoms with van der Waals surface area (Å²) >= 11 is 0. The molecule has 3 rings (SSSR count). The van der Waals surface area contributed by atoms with Crippen molar-refractivity contribution in [3.63, 3.8) is 0 Å². The van der Waals surface area contributed by atoms with Crippen LogP contribution in [0.5, 0.6) is 0 Å². The Labute approximate surface area is 104 Å². The van der Waals surface area contributed by atoms with Gasteiger partial charge in [-0.1, -0.05) is 0 Å². The molecule has 1 saturated carbocycles. The Morgan fingerprint density at radius 3 is 2.89 bits per heavy atom. The number of aromatic nitrogens is 3. The third kappa shape index (κ3) is 2.38. The molecule has 0 saturated heterocycles. The maximum atomic E-state index is 11.6. The lowest BCUT2D eigenvalue weighted by atomic mass is 10.4. The van der Waals surface area contributed by atoms with Crippen molar-refractivity contribution in [1.82, 2.24) is 19.7 Å². The van der Waals surface area contributed by atoms with Gasteiger partial charge in [-0.05, 0) is 25.0 Å². The van der Waals surface area contributed by atoms with E-state index in [4.69, 9.17) is 4.42 Å². The van der Waals surface area contributed by atoms with Gasteiger partial charge in [-0.25, -0.2) is 9.48 Å². The van der Waals surface area contributed by atoms with Gasteiger partial charge < -0.3 is 9.73 Å². The Morgan fingerprint density at radius 2 is 2.22 bits per heavy atom. The topological polar surface area (TPSA) is 65.0 Å². The van der Waals surface area contributed by atoms with Crippen molar-refractivity contribution in [3.8, 4) is 0 Å². The molecule has 96 valence electrons. The van der Waals surface area contributed by atoms with Crippen molar-refractivity contribution in [2.75, 3.05) is 0 Å². The Morgan fingerprint density at radius 1 is 1.44 bits per heavy atom. The molecule has 1 N–H and O–H groups in total. The molecule has 0 spiro atoms. The standard InChI is InChI=1S/C12H16N4O2/c1-15-8-14-16(12(15)17)7-11-5-4-10(18-11)6-13-9-2-3-9/h4-5,8-9,13H,2-3,6-7H2,1H3. The molecular weight excluding hydrogens is 232 g/mol. The molecule has 0 aromatic carbocycles. The first kappa shape index (κ1) is 11.3. The first-order valence-electron chi connectivity index (χ1n) is 6.12. The van der Waals surface area contributed by atoms with E-state index < -0.39 is 0 Å². The SMILES string of the molecule is Cn1cnn(Cc2ccc(CNC3CC3)o2)c1=O. The summed E-state index contributed by atoms with van der Waals surface area (Å²) in [5.41, 5.74) is -0.135. The van der Waals surface area contributed by atoms with Crippen molar-refractivity contribution < 1.29 is 4.42 Å². The fraction of sp³-hybridized carbons (Fsp3) is 0.500. The average Bonchev–Trinajstić information content (AvgIpc) is 3.02. The highest BCUT2D eigenvalue weighted by Gasteiger charge is 2.20. The molecule has 0 unspecified atom stereocenters. The fourth-order valence-electron chi connectivity index (χ4n) is 1.81. The second kappa shape index (κ2) is 4.45. The van der Waals surface area contributed by atoms with E-state index in [2.05, 4.69) is 10.4 Å². The van der Waals surface area contributed by atoms with Gasteiger partial charge in [0.1, 0.15) is 24.4 Å². The van der Waals surface area contributed by atoms with Gasteiger partial charge in [0, 0.05) is 13.1 Å². The smallest absolute Gasteiger partial charge is 0.345 e. The van der Waals surface area contributed by atoms with Gasteiger partial charge in [-0.15, -0.1) is 0 Å². The highest BCUT2D eigenvalue weighted by atomic mass is 16.3. The molecule has 6 heteroatoms. The lowest BCUT2D eigenvalue weighted by molar-refractivity contribution is 0.426. The van der Waals surface area contributed by atoms with Crippen molar-refractivity contribution in [2.45, 2.75) is 32.0 Å². The molecule has 0 radical (unpaired) electrons. The number of nitrogens with one attached hydrogen (secondary N) is 1. The molecular formula is C12H16N4O2. The zero-order valence-electron chi connectivity index (χ0n) is 10.3. The predicted octanol–water partition coefficient (Wildman–Crippen LogP) is 0.475. The Hall–Kier alpha value is -1.82. The van der Waals surface area contributed by atoms with Crippen LogP contribution in [-0.2, 0) is 20.1 Å². The predicted molar refractivity (Wildman–Crippen MR) is 65.1 cm³/mol. The maximum absolute atomic E-state index is 11.6. The summed E-state index contributed by atoms with van der Waals surface area (Å²) in [4.78, 5) is 11.6. The average molecular weight is 248 g/mol. The van der Waals surface area contributed by atoms with Crippen LogP contribution >= 0.6 is 0 Å². The zero-order chi connectivity index (χ0) is 12.5. The first-order valence-corrected chi connectivity index (χ1v) is 6.12. The Kier molecular flexibility index (Phi) is 2.79. The van der Waals surface area contributed by atoms with Gasteiger partial charge in [-0.3, -0.25) is 4.57 Å². The number of rotatable bonds is 5. The Bertz CT molecular complexity index is 591. The molecule has 18 heavy (non-hydrogen) atoms. The molecule has 0 atom stereocenters. The van der Waals surface area contributed by atoms with Crippen LogP contribution in [0.2, 0.25) is 0 Å². The van der Waals surface area contributed by atoms with Gasteiger partial charge in [-0.2, -0.15) is 5.10 Å². The van der Waals surface area contributed by atoms with Crippen LogP contribution in [0.25, 0.3) is 0 Å². The molecule has 0 bridgehead atoms. The zero-order valence-corrected chi connectivity index (χ0v) is 10.3. The summed E-state index contributed by atoms with van der Waals surface area (Å²) in [5, 5.41) is 7.38. The van der Waals surface area contributed by atoms with Crippen LogP contribution < -0.4 is 11.0 Å². The molecule has 0 aliphatic heterocycles. The number of hydrogen-bond donors (Lipinski definition) is 1. The van der Waals surface area contributed by atoms with Gasteiger partial charge in [0.15, 0.2) is 0 Å². The lowest BCUT2D eigenvalue weighted by Crippen LogP contribution is -2.23. The first-order chi connectivity index (χ1) is 8.72. The van der Waals surface area contributed by atoms with Crippen LogP contribution in [-0.4, -0.2) is 20.4 Å². The lowest BCUT2D eigenvalue weighted by Gasteiger charge is -1.99. The molecule has 1 aliphatic rings. The second-order valence-corrected chi connectivity index (χ2v) is 4.71. The third-order valence-electron chi connectivity index (χ3n) is 3.05. The summed E-state index contributed by atoms with van der Waals surface area (Å²) in [6.45, 7) is 1.13. The minimum absolute atomic E-state index is 0.135. The van der Waals surface area contributed by atoms with E-state index in [9.17, 15) is 4.79 Å². The van der Waals surface area contributed by atoms with Crippen LogP contribution in [0.3, 0.4) is 0 Å². The summed E-state index contributed by atoms with van der Waals surface area (Å²) in [5.74, 6) is 1.66. The van der Waals surface area contributed by atoms with Gasteiger partial charge in [0.25, 0.3) is 0 Å². The molecule has 6 nitrogen and oxygen atoms in total. The largest absolute Gasteiger partial charge is 0.463 e. The minimum Gasteiger partial charge on any atom is -0.463 e. The minimum atomic E-state index is -0.135. The van der Waals surface area contributed by atoms with E-state index in [1.54, 1.807) is 7.05 Å². The molecule has 2 heterocycles. The van der Waals surface area contributed by atoms with Gasteiger partial charge >= 0.3 is 5.69 Å². The summed E-state index contributed by atoms with van der Waals surface area (Å²) < 4.78 is 8.49. The Balaban J connectivity index is 1.65. The third-order valence-corrected chi connectivity index (χ3v) is 3.05. The van der Waals surface area contributed by atoms with Crippen molar-refractivity contribution >= 4 is 0 Å². The highest BCUT2D eigenvalue weighted by Crippen LogP contribution is 2.19. The number of aryl methyl sites for hydroxylation is 1. The molecule has 2 aromatic heterocycles. The highest BCUT2D eigenvalue weighted by molar-refractivity contribution is 5.07. The van der Waals surface area contributed by atoms with Crippen molar-refractivity contribution in [3.05, 3.63) is 40.5 Å². The van der Waals surface area contributed by atoms with E-state index in [0.29, 0.717) is 12.6 Å². The van der Waals surface area contributed by atoms with E-state index in [-0.39, 0.29) is 5.69 Å². The quantitative estimate of drug-likeness (QED) is 0.835. The molecule has 1 aliphatic carbocycles. The maximum Gasteiger partial charge on any atom is 0.345 e. The number of furan rings is 1. The van der Waals surface area contributed by atoms with E-state index >= 15 is 0 Å². The van der Waals surface area contributed by atoms with E-state index in [1.165, 1.54) is 28.4 Å². The normalized spacial score (nSPS) is 15.2. The monoisotopic (exact) mass is 248 g/mol. The van der Waals surface area contributed by atoms with Crippen LogP contribution in [0.1, 0.15) is 24.4 Å². The van der Waals surface area contributed by atoms with Crippen molar-refractivity contribution in [1.29, 1.82) is 0 Å². The fourth-order valence-corrected chi connectivity index (χ4v) is 1.81. The van der Waals surface area contributed by atoms with E-state index in [0.717, 1.165) is 18.1 Å². The second-order valence-electron chi connectivity index (χ2n) is 4.71. The number of nitrogens with zero attached hydrogens (tertiary/aromatic N) is 3. The van der Waals surface area contributed by atoms with E-state index in [1.807, 2.05) is 12.1 Å². The van der Waals surface area contributed by atoms with Crippen LogP contribution in [0, 0.1) is 0 Å². The van der Waals surface area contributed by atoms with Crippen LogP contribution in [0.4, 0.5) is 0 Å². The summed E-state index contributed by atoms with van der Waals surface area (Å²) in [7, 11) is 1.68. The summed E-state index contributed by atoms with van der Waals surface area (Å²) in [6, 6.07) is 4.50. The molecule has 0 amide bonds.